The van der Waals surface area contributed by atoms with Crippen LogP contribution in [0, 0.1) is 5.92 Å². The van der Waals surface area contributed by atoms with Gasteiger partial charge in [0.15, 0.2) is 0 Å². The first-order valence-electron chi connectivity index (χ1n) is 38.8. The fraction of sp³-hybridized carbons (Fsp3) is 0.985. The van der Waals surface area contributed by atoms with Crippen molar-refractivity contribution in [2.75, 3.05) is 178 Å². The Morgan fingerprint density at radius 2 is 0.330 bits per heavy atom. The minimum absolute atomic E-state index is 0.0139. The highest BCUT2D eigenvalue weighted by atomic mass is 28.4. The molecule has 0 aliphatic rings. The molecule has 0 unspecified atom stereocenters. The Balaban J connectivity index is 8.44. The summed E-state index contributed by atoms with van der Waals surface area (Å²) < 4.78 is 143. The summed E-state index contributed by atoms with van der Waals surface area (Å²) in [6.45, 7) is 10.2. The molecule has 0 radical (unpaired) electrons. The Morgan fingerprint density at radius 1 is 0.208 bits per heavy atom. The summed E-state index contributed by atoms with van der Waals surface area (Å²) in [7, 11) is 12.2. The molecule has 0 aliphatic carbocycles. The number of carbonyl (C=O) groups excluding carboxylic acids is 1. The van der Waals surface area contributed by atoms with Crippen LogP contribution in [0.5, 0.6) is 0 Å². The van der Waals surface area contributed by atoms with Crippen molar-refractivity contribution in [1.82, 2.24) is 4.90 Å². The van der Waals surface area contributed by atoms with E-state index in [1.165, 1.54) is 0 Å². The molecule has 1 amide bonds. The van der Waals surface area contributed by atoms with Gasteiger partial charge in [-0.2, -0.15) is 0 Å². The van der Waals surface area contributed by atoms with Gasteiger partial charge in [0, 0.05) is 238 Å². The molecular weight excluding hydrogens is 1570 g/mol. The van der Waals surface area contributed by atoms with Gasteiger partial charge in [-0.05, 0) is 25.7 Å². The Morgan fingerprint density at radius 3 is 0.462 bits per heavy atom. The summed E-state index contributed by atoms with van der Waals surface area (Å²) in [5, 5.41) is 0. The van der Waals surface area contributed by atoms with Crippen LogP contribution in [0.2, 0.25) is 147 Å². The number of rotatable bonds is 74. The molecular formula is C68H161NO25Si12. The molecule has 636 valence electrons. The van der Waals surface area contributed by atoms with Gasteiger partial charge in [-0.25, -0.2) is 0 Å². The highest BCUT2D eigenvalue weighted by Gasteiger charge is 2.47. The molecule has 0 aromatic heterocycles. The van der Waals surface area contributed by atoms with Gasteiger partial charge >= 0.3 is 70.4 Å². The van der Waals surface area contributed by atoms with Crippen LogP contribution in [0.4, 0.5) is 0 Å². The molecule has 0 saturated heterocycles. The smallest absolute Gasteiger partial charge is 0.377 e. The van der Waals surface area contributed by atoms with E-state index in [2.05, 4.69) is 38.1 Å². The third-order valence-corrected chi connectivity index (χ3v) is 65.5. The van der Waals surface area contributed by atoms with E-state index >= 15 is 4.79 Å². The van der Waals surface area contributed by atoms with E-state index in [0.717, 1.165) is 224 Å². The number of hydrogen-bond acceptors (Lipinski definition) is 25. The van der Waals surface area contributed by atoms with Crippen LogP contribution in [0.3, 0.4) is 0 Å². The lowest BCUT2D eigenvalue weighted by atomic mass is 9.95. The highest BCUT2D eigenvalue weighted by molar-refractivity contribution is 6.80. The molecule has 0 aromatic carbocycles. The Kier molecular flexibility index (Phi) is 56.3. The van der Waals surface area contributed by atoms with Crippen molar-refractivity contribution < 1.29 is 111 Å². The minimum Gasteiger partial charge on any atom is -0.377 e. The van der Waals surface area contributed by atoms with Gasteiger partial charge in [-0.15, -0.1) is 0 Å². The first-order chi connectivity index (χ1) is 50.3. The van der Waals surface area contributed by atoms with Gasteiger partial charge in [-0.3, -0.25) is 4.79 Å². The average Bonchev–Trinajstić information content (AvgIpc) is 0.927. The number of amides is 1. The maximum absolute atomic E-state index is 16.4. The molecule has 0 fully saturated rings. The second kappa shape index (κ2) is 55.7. The first-order valence-corrected chi connectivity index (χ1v) is 66.8. The molecule has 0 bridgehead atoms. The quantitative estimate of drug-likeness (QED) is 0.0514. The van der Waals surface area contributed by atoms with Crippen LogP contribution in [-0.2, 0) is 111 Å². The van der Waals surface area contributed by atoms with E-state index in [-0.39, 0.29) is 17.9 Å². The van der Waals surface area contributed by atoms with Gasteiger partial charge in [0.1, 0.15) is 0 Å². The highest BCUT2D eigenvalue weighted by Crippen LogP contribution is 2.40. The molecule has 0 aromatic rings. The number of nitrogens with zero attached hydrogens (tertiary/aromatic N) is 1. The minimum atomic E-state index is -2.83. The molecule has 26 nitrogen and oxygen atoms in total. The van der Waals surface area contributed by atoms with Crippen LogP contribution in [0.1, 0.15) is 103 Å². The van der Waals surface area contributed by atoms with Crippen LogP contribution in [-0.4, -0.2) is 297 Å². The summed E-state index contributed by atoms with van der Waals surface area (Å²) in [4.78, 5) is 18.6. The molecule has 0 atom stereocenters. The van der Waals surface area contributed by atoms with Crippen molar-refractivity contribution in [3.63, 3.8) is 0 Å². The standard InChI is InChI=1S/C68H161NO25Si12/c1-69(67(44-32-48-97(28,54-38-62-103(83-14,84-15)85-16)55-39-63-104(86-17,87-18)88-19)45-33-49-98(29,56-40-64-105(89-20,90-21)91-22)57-41-65-106(92-23,93-24)94-25)68(70)66(42-30-46-95(26,50-34-58-99(71-2,72-3)73-4)51-35-59-100(74-5,75-6)76-7)43-31-47-96(27,52-36-60-101(77-8,78-9)79-10)53-37-61-102(80-11,81-12)82-13/h66-67H,30-65H2,1-29H3. The van der Waals surface area contributed by atoms with Gasteiger partial charge in [0.2, 0.25) is 5.91 Å². The lowest BCUT2D eigenvalue weighted by molar-refractivity contribution is -0.137. The summed E-state index contributed by atoms with van der Waals surface area (Å²) >= 11 is 0. The predicted octanol–water partition coefficient (Wildman–Crippen LogP) is 15.0. The summed E-state index contributed by atoms with van der Waals surface area (Å²) in [5.41, 5.74) is 0. The summed E-state index contributed by atoms with van der Waals surface area (Å²) in [6, 6.07) is 18.8. The largest absolute Gasteiger partial charge is 0.500 e. The van der Waals surface area contributed by atoms with E-state index in [9.17, 15) is 0 Å². The van der Waals surface area contributed by atoms with Crippen LogP contribution < -0.4 is 0 Å². The lowest BCUT2D eigenvalue weighted by Gasteiger charge is -2.36. The Labute approximate surface area is 659 Å². The van der Waals surface area contributed by atoms with E-state index in [1.54, 1.807) is 171 Å². The zero-order chi connectivity index (χ0) is 80.7. The fourth-order valence-corrected chi connectivity index (χ4v) is 48.4. The van der Waals surface area contributed by atoms with Crippen LogP contribution in [0.25, 0.3) is 0 Å². The molecule has 106 heavy (non-hydrogen) atoms. The lowest BCUT2D eigenvalue weighted by Crippen LogP contribution is -2.44. The maximum Gasteiger partial charge on any atom is 0.500 e. The Hall–Kier alpha value is 1.11. The van der Waals surface area contributed by atoms with Gasteiger partial charge in [0.05, 0.1) is 32.3 Å². The van der Waals surface area contributed by atoms with Crippen molar-refractivity contribution in [2.24, 2.45) is 5.92 Å². The normalized spacial score (nSPS) is 13.9. The second-order valence-electron chi connectivity index (χ2n) is 30.3. The Bertz CT molecular complexity index is 1890. The van der Waals surface area contributed by atoms with Crippen LogP contribution >= 0.6 is 0 Å². The van der Waals surface area contributed by atoms with Crippen molar-refractivity contribution in [2.45, 2.75) is 256 Å². The third kappa shape index (κ3) is 36.3. The molecule has 0 aliphatic heterocycles. The fourth-order valence-electron chi connectivity index (χ4n) is 16.3. The van der Waals surface area contributed by atoms with E-state index in [0.29, 0.717) is 0 Å². The second-order valence-corrected chi connectivity index (χ2v) is 75.5. The molecule has 0 saturated carbocycles. The number of hydrogen-bond donors (Lipinski definition) is 0. The maximum atomic E-state index is 16.4. The number of carbonyl (C=O) groups is 1. The van der Waals surface area contributed by atoms with E-state index < -0.39 is 103 Å². The SMILES string of the molecule is CO[Si](CCC[Si](C)(CCCC(CCC[Si](C)(CCC[Si](OC)(OC)OC)CCC[Si](OC)(OC)OC)C(=O)N(C)C(CCC[Si](C)(CCC[Si](OC)(OC)OC)CCC[Si](OC)(OC)OC)CCC[Si](C)(CCC[Si](OC)(OC)OC)CCC[Si](OC)(OC)OC)CCC[Si](OC)(OC)OC)(OC)OC. The zero-order valence-corrected chi connectivity index (χ0v) is 84.8. The van der Waals surface area contributed by atoms with E-state index in [4.69, 9.17) is 106 Å². The predicted molar refractivity (Wildman–Crippen MR) is 451 cm³/mol. The van der Waals surface area contributed by atoms with Crippen molar-refractivity contribution in [3.05, 3.63) is 0 Å². The monoisotopic (exact) mass is 1730 g/mol. The van der Waals surface area contributed by atoms with Crippen molar-refractivity contribution >= 4 is 109 Å². The van der Waals surface area contributed by atoms with E-state index in [1.807, 2.05) is 0 Å². The van der Waals surface area contributed by atoms with Crippen molar-refractivity contribution in [1.29, 1.82) is 0 Å². The van der Waals surface area contributed by atoms with Gasteiger partial charge < -0.3 is 111 Å². The molecule has 0 spiro atoms. The molecule has 0 rings (SSSR count). The first kappa shape index (κ1) is 107. The molecule has 0 heterocycles. The zero-order valence-electron chi connectivity index (χ0n) is 72.8. The topological polar surface area (TPSA) is 242 Å². The van der Waals surface area contributed by atoms with Gasteiger partial charge in [-0.1, -0.05) is 176 Å². The third-order valence-electron chi connectivity index (χ3n) is 24.1. The van der Waals surface area contributed by atoms with Crippen molar-refractivity contribution in [3.8, 4) is 0 Å². The van der Waals surface area contributed by atoms with Gasteiger partial charge in [0.25, 0.3) is 0 Å². The molecule has 0 N–H and O–H groups in total. The molecule has 38 heteroatoms. The summed E-state index contributed by atoms with van der Waals surface area (Å²) in [5.74, 6) is 0.0774. The summed E-state index contributed by atoms with van der Waals surface area (Å²) in [6.07, 6.45) is 14.7. The van der Waals surface area contributed by atoms with Crippen LogP contribution in [0.15, 0.2) is 0 Å². The average molecular weight is 1730 g/mol.